The van der Waals surface area contributed by atoms with Crippen molar-refractivity contribution < 1.29 is 4.79 Å². The molecule has 0 bridgehead atoms. The van der Waals surface area contributed by atoms with Gasteiger partial charge in [0.1, 0.15) is 0 Å². The van der Waals surface area contributed by atoms with Crippen molar-refractivity contribution in [3.05, 3.63) is 102 Å². The van der Waals surface area contributed by atoms with Crippen LogP contribution in [0.3, 0.4) is 0 Å². The van der Waals surface area contributed by atoms with E-state index in [0.29, 0.717) is 13.1 Å². The van der Waals surface area contributed by atoms with Crippen LogP contribution >= 0.6 is 0 Å². The van der Waals surface area contributed by atoms with Gasteiger partial charge >= 0.3 is 0 Å². The Morgan fingerprint density at radius 1 is 1.06 bits per heavy atom. The lowest BCUT2D eigenvalue weighted by Crippen LogP contribution is -2.44. The molecule has 1 aliphatic heterocycles. The van der Waals surface area contributed by atoms with E-state index in [1.54, 1.807) is 13.3 Å². The summed E-state index contributed by atoms with van der Waals surface area (Å²) in [6.07, 6.45) is 8.07. The van der Waals surface area contributed by atoms with Gasteiger partial charge in [-0.25, -0.2) is 4.98 Å². The maximum Gasteiger partial charge on any atom is 0.220 e. The Hall–Kier alpha value is -3.93. The van der Waals surface area contributed by atoms with Gasteiger partial charge in [-0.2, -0.15) is 0 Å². The van der Waals surface area contributed by atoms with E-state index in [4.69, 9.17) is 0 Å². The van der Waals surface area contributed by atoms with Gasteiger partial charge in [-0.1, -0.05) is 36.4 Å². The van der Waals surface area contributed by atoms with Crippen molar-refractivity contribution in [2.75, 3.05) is 11.4 Å². The Balaban J connectivity index is 1.55. The monoisotopic (exact) mass is 437 g/mol. The zero-order valence-electron chi connectivity index (χ0n) is 18.7. The number of nitrogens with one attached hydrogen (secondary N) is 1. The fourth-order valence-electron chi connectivity index (χ4n) is 4.66. The van der Waals surface area contributed by atoms with Crippen LogP contribution in [0, 0.1) is 0 Å². The van der Waals surface area contributed by atoms with Gasteiger partial charge in [0.05, 0.1) is 24.6 Å². The molecule has 2 aromatic heterocycles. The minimum atomic E-state index is 0.0561. The quantitative estimate of drug-likeness (QED) is 0.501. The van der Waals surface area contributed by atoms with Crippen LogP contribution in [0.1, 0.15) is 23.7 Å². The molecule has 6 nitrogen and oxygen atoms in total. The highest BCUT2D eigenvalue weighted by molar-refractivity contribution is 5.76. The van der Waals surface area contributed by atoms with E-state index in [1.165, 1.54) is 5.56 Å². The summed E-state index contributed by atoms with van der Waals surface area (Å²) in [4.78, 5) is 28.9. The first-order valence-electron chi connectivity index (χ1n) is 11.2. The Bertz CT molecular complexity index is 1210. The third-order valence-corrected chi connectivity index (χ3v) is 6.27. The molecular weight excluding hydrogens is 410 g/mol. The third-order valence-electron chi connectivity index (χ3n) is 6.27. The second-order valence-electron chi connectivity index (χ2n) is 8.51. The van der Waals surface area contributed by atoms with Gasteiger partial charge in [0, 0.05) is 44.3 Å². The standard InChI is InChI=1S/C27H27N5O/c1-20(33)32-16-24-14-23(22-9-11-28-12-10-22)7-8-27(24)31(17-25-15-29-19-30-25)18-26(32)13-21-5-3-2-4-6-21/h2-12,14-15,19,26H,13,16-18H2,1H3,(H,29,30). The zero-order valence-corrected chi connectivity index (χ0v) is 18.7. The minimum absolute atomic E-state index is 0.0561. The molecule has 6 heteroatoms. The largest absolute Gasteiger partial charge is 0.363 e. The lowest BCUT2D eigenvalue weighted by atomic mass is 10.0. The van der Waals surface area contributed by atoms with Crippen molar-refractivity contribution in [1.82, 2.24) is 19.9 Å². The molecule has 0 saturated heterocycles. The van der Waals surface area contributed by atoms with Crippen molar-refractivity contribution in [3.8, 4) is 11.1 Å². The molecule has 166 valence electrons. The maximum absolute atomic E-state index is 12.8. The number of rotatable bonds is 5. The van der Waals surface area contributed by atoms with E-state index in [9.17, 15) is 4.79 Å². The molecule has 5 rings (SSSR count). The first kappa shape index (κ1) is 20.9. The Labute approximate surface area is 193 Å². The van der Waals surface area contributed by atoms with Gasteiger partial charge in [-0.15, -0.1) is 0 Å². The van der Waals surface area contributed by atoms with Crippen LogP contribution < -0.4 is 4.90 Å². The molecule has 0 radical (unpaired) electrons. The summed E-state index contributed by atoms with van der Waals surface area (Å²) in [5, 5.41) is 0. The number of aromatic amines is 1. The number of H-pyrrole nitrogens is 1. The molecule has 0 aliphatic carbocycles. The van der Waals surface area contributed by atoms with E-state index in [0.717, 1.165) is 41.0 Å². The highest BCUT2D eigenvalue weighted by atomic mass is 16.2. The van der Waals surface area contributed by atoms with Crippen LogP contribution in [-0.2, 0) is 24.3 Å². The predicted octanol–water partition coefficient (Wildman–Crippen LogP) is 4.45. The van der Waals surface area contributed by atoms with Crippen LogP contribution in [-0.4, -0.2) is 38.3 Å². The number of imidazole rings is 1. The second kappa shape index (κ2) is 9.28. The van der Waals surface area contributed by atoms with Gasteiger partial charge < -0.3 is 14.8 Å². The summed E-state index contributed by atoms with van der Waals surface area (Å²) >= 11 is 0. The van der Waals surface area contributed by atoms with Gasteiger partial charge in [-0.3, -0.25) is 9.78 Å². The van der Waals surface area contributed by atoms with Crippen LogP contribution in [0.4, 0.5) is 5.69 Å². The molecule has 2 aromatic carbocycles. The topological polar surface area (TPSA) is 65.1 Å². The number of hydrogen-bond acceptors (Lipinski definition) is 4. The van der Waals surface area contributed by atoms with Crippen LogP contribution in [0.25, 0.3) is 11.1 Å². The summed E-state index contributed by atoms with van der Waals surface area (Å²) in [6, 6.07) is 21.0. The molecule has 4 aromatic rings. The number of pyridine rings is 1. The summed E-state index contributed by atoms with van der Waals surface area (Å²) in [5.74, 6) is 0.0952. The van der Waals surface area contributed by atoms with E-state index in [2.05, 4.69) is 62.3 Å². The molecule has 0 saturated carbocycles. The smallest absolute Gasteiger partial charge is 0.220 e. The minimum Gasteiger partial charge on any atom is -0.363 e. The van der Waals surface area contributed by atoms with Crippen LogP contribution in [0.5, 0.6) is 0 Å². The number of benzene rings is 2. The van der Waals surface area contributed by atoms with Crippen molar-refractivity contribution >= 4 is 11.6 Å². The number of nitrogens with zero attached hydrogens (tertiary/aromatic N) is 4. The van der Waals surface area contributed by atoms with Crippen molar-refractivity contribution in [3.63, 3.8) is 0 Å². The molecule has 1 aliphatic rings. The van der Waals surface area contributed by atoms with E-state index in [1.807, 2.05) is 41.7 Å². The number of carbonyl (C=O) groups excluding carboxylic acids is 1. The highest BCUT2D eigenvalue weighted by Gasteiger charge is 2.30. The van der Waals surface area contributed by atoms with Crippen LogP contribution in [0.15, 0.2) is 85.6 Å². The molecular formula is C27H27N5O. The molecule has 1 unspecified atom stereocenters. The average molecular weight is 438 g/mol. The lowest BCUT2D eigenvalue weighted by Gasteiger charge is -2.32. The van der Waals surface area contributed by atoms with Crippen molar-refractivity contribution in [2.45, 2.75) is 32.5 Å². The number of fused-ring (bicyclic) bond motifs is 1. The summed E-state index contributed by atoms with van der Waals surface area (Å²) in [5.41, 5.74) is 6.75. The normalized spacial score (nSPS) is 15.7. The van der Waals surface area contributed by atoms with Gasteiger partial charge in [-0.05, 0) is 52.9 Å². The predicted molar refractivity (Wildman–Crippen MR) is 129 cm³/mol. The Kier molecular flexibility index (Phi) is 5.89. The lowest BCUT2D eigenvalue weighted by molar-refractivity contribution is -0.131. The molecule has 1 N–H and O–H groups in total. The summed E-state index contributed by atoms with van der Waals surface area (Å²) in [7, 11) is 0. The Morgan fingerprint density at radius 3 is 2.61 bits per heavy atom. The van der Waals surface area contributed by atoms with Crippen molar-refractivity contribution in [2.24, 2.45) is 0 Å². The van der Waals surface area contributed by atoms with Gasteiger partial charge in [0.2, 0.25) is 5.91 Å². The molecule has 3 heterocycles. The number of hydrogen-bond donors (Lipinski definition) is 1. The SMILES string of the molecule is CC(=O)N1Cc2cc(-c3ccncc3)ccc2N(Cc2c[nH]cn2)CC1Cc1ccccc1. The first-order chi connectivity index (χ1) is 16.2. The maximum atomic E-state index is 12.8. The average Bonchev–Trinajstić information content (AvgIpc) is 3.30. The molecule has 1 atom stereocenters. The number of anilines is 1. The van der Waals surface area contributed by atoms with Gasteiger partial charge in [0.15, 0.2) is 0 Å². The number of amides is 1. The fourth-order valence-corrected chi connectivity index (χ4v) is 4.66. The highest BCUT2D eigenvalue weighted by Crippen LogP contribution is 2.33. The fraction of sp³-hybridized carbons (Fsp3) is 0.222. The van der Waals surface area contributed by atoms with E-state index >= 15 is 0 Å². The third kappa shape index (κ3) is 4.65. The zero-order chi connectivity index (χ0) is 22.6. The Morgan fingerprint density at radius 2 is 1.88 bits per heavy atom. The van der Waals surface area contributed by atoms with Crippen LogP contribution in [0.2, 0.25) is 0 Å². The van der Waals surface area contributed by atoms with Crippen molar-refractivity contribution in [1.29, 1.82) is 0 Å². The van der Waals surface area contributed by atoms with Gasteiger partial charge in [0.25, 0.3) is 0 Å². The molecule has 1 amide bonds. The molecule has 0 spiro atoms. The summed E-state index contributed by atoms with van der Waals surface area (Å²) in [6.45, 7) is 3.68. The van der Waals surface area contributed by atoms with E-state index < -0.39 is 0 Å². The number of carbonyl (C=O) groups is 1. The second-order valence-corrected chi connectivity index (χ2v) is 8.51. The number of aromatic nitrogens is 3. The van der Waals surface area contributed by atoms with E-state index in [-0.39, 0.29) is 11.9 Å². The first-order valence-corrected chi connectivity index (χ1v) is 11.2. The molecule has 0 fully saturated rings. The molecule has 33 heavy (non-hydrogen) atoms. The summed E-state index contributed by atoms with van der Waals surface area (Å²) < 4.78 is 0.